The molecule has 0 atom stereocenters. The fourth-order valence-electron chi connectivity index (χ4n) is 1.56. The molecule has 0 unspecified atom stereocenters. The number of aliphatic hydroxyl groups excluding tert-OH is 1. The molecule has 0 fully saturated rings. The van der Waals surface area contributed by atoms with Crippen LogP contribution in [0.3, 0.4) is 0 Å². The standard InChI is InChI=1S/C14H21O3/c1-10(9-15)11-7-6-8-12(13(11)16-5)17-14(2,3)4/h6-8,15H,9H2,1-5H3. The van der Waals surface area contributed by atoms with E-state index in [1.807, 2.05) is 45.9 Å². The van der Waals surface area contributed by atoms with E-state index in [2.05, 4.69) is 0 Å². The molecule has 0 aromatic heterocycles. The summed E-state index contributed by atoms with van der Waals surface area (Å²) in [6.07, 6.45) is 0. The van der Waals surface area contributed by atoms with E-state index in [0.29, 0.717) is 11.5 Å². The Morgan fingerprint density at radius 2 is 1.94 bits per heavy atom. The molecule has 1 aromatic carbocycles. The molecular weight excluding hydrogens is 216 g/mol. The van der Waals surface area contributed by atoms with E-state index in [9.17, 15) is 5.11 Å². The summed E-state index contributed by atoms with van der Waals surface area (Å²) in [5.74, 6) is 2.24. The fourth-order valence-corrected chi connectivity index (χ4v) is 1.56. The summed E-state index contributed by atoms with van der Waals surface area (Å²) in [6, 6.07) is 5.69. The molecule has 0 saturated carbocycles. The average molecular weight is 237 g/mol. The van der Waals surface area contributed by atoms with Crippen LogP contribution in [-0.2, 0) is 0 Å². The van der Waals surface area contributed by atoms with Crippen molar-refractivity contribution in [2.45, 2.75) is 33.3 Å². The van der Waals surface area contributed by atoms with E-state index in [-0.39, 0.29) is 12.2 Å². The molecule has 0 spiro atoms. The summed E-state index contributed by atoms with van der Waals surface area (Å²) < 4.78 is 11.2. The van der Waals surface area contributed by atoms with Crippen LogP contribution in [0.1, 0.15) is 33.3 Å². The van der Waals surface area contributed by atoms with Gasteiger partial charge in [-0.2, -0.15) is 0 Å². The first kappa shape index (κ1) is 13.8. The highest BCUT2D eigenvalue weighted by Crippen LogP contribution is 2.36. The highest BCUT2D eigenvalue weighted by Gasteiger charge is 2.19. The van der Waals surface area contributed by atoms with Crippen LogP contribution in [0.15, 0.2) is 18.2 Å². The average Bonchev–Trinajstić information content (AvgIpc) is 2.25. The SMILES string of the molecule is COc1c(OC(C)(C)C)cccc1[C](C)CO. The molecular formula is C14H21O3. The van der Waals surface area contributed by atoms with E-state index in [0.717, 1.165) is 11.5 Å². The summed E-state index contributed by atoms with van der Waals surface area (Å²) in [5.41, 5.74) is 0.607. The van der Waals surface area contributed by atoms with Gasteiger partial charge < -0.3 is 14.6 Å². The van der Waals surface area contributed by atoms with Crippen LogP contribution in [0.25, 0.3) is 0 Å². The molecule has 0 aliphatic heterocycles. The van der Waals surface area contributed by atoms with Crippen LogP contribution >= 0.6 is 0 Å². The minimum absolute atomic E-state index is 0.00926. The van der Waals surface area contributed by atoms with Gasteiger partial charge in [0.1, 0.15) is 5.60 Å². The topological polar surface area (TPSA) is 38.7 Å². The minimum Gasteiger partial charge on any atom is -0.493 e. The number of ether oxygens (including phenoxy) is 2. The summed E-state index contributed by atoms with van der Waals surface area (Å²) in [6.45, 7) is 7.85. The van der Waals surface area contributed by atoms with Crippen molar-refractivity contribution in [3.63, 3.8) is 0 Å². The number of benzene rings is 1. The highest BCUT2D eigenvalue weighted by molar-refractivity contribution is 5.52. The van der Waals surface area contributed by atoms with Gasteiger partial charge in [0, 0.05) is 11.5 Å². The Morgan fingerprint density at radius 1 is 1.29 bits per heavy atom. The second-order valence-corrected chi connectivity index (χ2v) is 4.99. The van der Waals surface area contributed by atoms with Crippen LogP contribution in [-0.4, -0.2) is 24.4 Å². The largest absolute Gasteiger partial charge is 0.493 e. The molecule has 1 rings (SSSR count). The fraction of sp³-hybridized carbons (Fsp3) is 0.500. The number of rotatable bonds is 4. The molecule has 1 aromatic rings. The van der Waals surface area contributed by atoms with Crippen molar-refractivity contribution in [3.8, 4) is 11.5 Å². The third kappa shape index (κ3) is 3.63. The van der Waals surface area contributed by atoms with Crippen molar-refractivity contribution in [2.24, 2.45) is 0 Å². The molecule has 0 aliphatic carbocycles. The zero-order chi connectivity index (χ0) is 13.1. The number of hydrogen-bond acceptors (Lipinski definition) is 3. The van der Waals surface area contributed by atoms with Crippen LogP contribution in [0.2, 0.25) is 0 Å². The molecule has 0 saturated heterocycles. The van der Waals surface area contributed by atoms with Gasteiger partial charge in [-0.3, -0.25) is 0 Å². The molecule has 3 nitrogen and oxygen atoms in total. The number of aliphatic hydroxyl groups is 1. The van der Waals surface area contributed by atoms with Gasteiger partial charge >= 0.3 is 0 Å². The minimum atomic E-state index is -0.279. The maximum atomic E-state index is 9.20. The zero-order valence-electron chi connectivity index (χ0n) is 11.2. The van der Waals surface area contributed by atoms with E-state index >= 15 is 0 Å². The Balaban J connectivity index is 3.14. The van der Waals surface area contributed by atoms with Gasteiger partial charge in [-0.05, 0) is 26.8 Å². The molecule has 3 heteroatoms. The monoisotopic (exact) mass is 237 g/mol. The Bertz CT molecular complexity index is 366. The van der Waals surface area contributed by atoms with Crippen molar-refractivity contribution in [3.05, 3.63) is 29.7 Å². The molecule has 0 aliphatic rings. The first-order chi connectivity index (χ1) is 7.89. The summed E-state index contributed by atoms with van der Waals surface area (Å²) in [7, 11) is 1.61. The third-order valence-electron chi connectivity index (χ3n) is 2.30. The number of para-hydroxylation sites is 1. The van der Waals surface area contributed by atoms with Crippen LogP contribution in [0, 0.1) is 5.92 Å². The maximum absolute atomic E-state index is 9.20. The summed E-state index contributed by atoms with van der Waals surface area (Å²) in [5, 5.41) is 9.20. The molecule has 17 heavy (non-hydrogen) atoms. The van der Waals surface area contributed by atoms with Gasteiger partial charge in [0.15, 0.2) is 11.5 Å². The number of hydrogen-bond donors (Lipinski definition) is 1. The van der Waals surface area contributed by atoms with Crippen LogP contribution < -0.4 is 9.47 Å². The Morgan fingerprint density at radius 3 is 2.41 bits per heavy atom. The second kappa shape index (κ2) is 5.41. The van der Waals surface area contributed by atoms with Gasteiger partial charge in [-0.15, -0.1) is 0 Å². The van der Waals surface area contributed by atoms with E-state index < -0.39 is 0 Å². The predicted octanol–water partition coefficient (Wildman–Crippen LogP) is 2.81. The van der Waals surface area contributed by atoms with Crippen molar-refractivity contribution in [2.75, 3.05) is 13.7 Å². The summed E-state index contributed by atoms with van der Waals surface area (Å²) >= 11 is 0. The lowest BCUT2D eigenvalue weighted by Crippen LogP contribution is -2.23. The molecule has 0 bridgehead atoms. The van der Waals surface area contributed by atoms with Crippen molar-refractivity contribution >= 4 is 0 Å². The first-order valence-corrected chi connectivity index (χ1v) is 5.68. The van der Waals surface area contributed by atoms with Crippen molar-refractivity contribution in [1.82, 2.24) is 0 Å². The van der Waals surface area contributed by atoms with Gasteiger partial charge in [0.2, 0.25) is 0 Å². The molecule has 0 amide bonds. The predicted molar refractivity (Wildman–Crippen MR) is 68.5 cm³/mol. The third-order valence-corrected chi connectivity index (χ3v) is 2.30. The van der Waals surface area contributed by atoms with Gasteiger partial charge in [-0.25, -0.2) is 0 Å². The Hall–Kier alpha value is -1.22. The number of methoxy groups -OCH3 is 1. The first-order valence-electron chi connectivity index (χ1n) is 5.68. The van der Waals surface area contributed by atoms with Crippen LogP contribution in [0.5, 0.6) is 11.5 Å². The zero-order valence-corrected chi connectivity index (χ0v) is 11.2. The van der Waals surface area contributed by atoms with E-state index in [4.69, 9.17) is 9.47 Å². The molecule has 95 valence electrons. The maximum Gasteiger partial charge on any atom is 0.164 e. The lowest BCUT2D eigenvalue weighted by molar-refractivity contribution is 0.125. The van der Waals surface area contributed by atoms with Crippen LogP contribution in [0.4, 0.5) is 0 Å². The molecule has 1 N–H and O–H groups in total. The highest BCUT2D eigenvalue weighted by atomic mass is 16.5. The van der Waals surface area contributed by atoms with Gasteiger partial charge in [0.05, 0.1) is 13.7 Å². The van der Waals surface area contributed by atoms with Crippen molar-refractivity contribution in [1.29, 1.82) is 0 Å². The Labute approximate surface area is 103 Å². The summed E-state index contributed by atoms with van der Waals surface area (Å²) in [4.78, 5) is 0. The van der Waals surface area contributed by atoms with E-state index in [1.54, 1.807) is 7.11 Å². The quantitative estimate of drug-likeness (QED) is 0.875. The van der Waals surface area contributed by atoms with Gasteiger partial charge in [0.25, 0.3) is 0 Å². The lowest BCUT2D eigenvalue weighted by atomic mass is 10.0. The van der Waals surface area contributed by atoms with E-state index in [1.165, 1.54) is 0 Å². The lowest BCUT2D eigenvalue weighted by Gasteiger charge is -2.24. The Kier molecular flexibility index (Phi) is 4.40. The van der Waals surface area contributed by atoms with Gasteiger partial charge in [-0.1, -0.05) is 19.1 Å². The smallest absolute Gasteiger partial charge is 0.164 e. The molecule has 1 radical (unpaired) electrons. The normalized spacial score (nSPS) is 11.7. The van der Waals surface area contributed by atoms with Crippen molar-refractivity contribution < 1.29 is 14.6 Å². The molecule has 0 heterocycles. The second-order valence-electron chi connectivity index (χ2n) is 4.99.